The van der Waals surface area contributed by atoms with Crippen LogP contribution in [0.3, 0.4) is 0 Å². The summed E-state index contributed by atoms with van der Waals surface area (Å²) in [6.45, 7) is -0.499. The first kappa shape index (κ1) is 32.4. The van der Waals surface area contributed by atoms with Crippen LogP contribution in [0, 0.1) is 0 Å². The number of aliphatic carboxylic acids is 2. The number of hydrogen-bond acceptors (Lipinski definition) is 12. The second kappa shape index (κ2) is 14.1. The summed E-state index contributed by atoms with van der Waals surface area (Å²) in [7, 11) is 1.66. The summed E-state index contributed by atoms with van der Waals surface area (Å²) in [6, 6.07) is 4.02. The molecule has 0 unspecified atom stereocenters. The summed E-state index contributed by atoms with van der Waals surface area (Å²) in [5.41, 5.74) is 6.68. The first-order chi connectivity index (χ1) is 19.0. The van der Waals surface area contributed by atoms with Crippen molar-refractivity contribution in [1.29, 1.82) is 0 Å². The smallest absolute Gasteiger partial charge is 1.00 e. The van der Waals surface area contributed by atoms with Gasteiger partial charge in [0.25, 0.3) is 5.91 Å². The number of rotatable bonds is 11. The standard InChI is InChI=1S/C22H24N8O8S2.Na.H/c1-29-21(26-27-28-29)40-9-11-8-39-18-15(17(32)30(18)16(11)20(35)36)25-14(31)6-10-2-4-12(5-3-10)24-22(37)38-7-13(23)19(33)34;;/h2-5,13,15,18H,6-9,23H2,1H3,(H,24,37)(H,25,31)(H,33,34)(H,35,36);;/q;+1;-1/t13-,15-,18-;;/m1../s1. The van der Waals surface area contributed by atoms with E-state index in [2.05, 4.69) is 26.2 Å². The second-order valence-corrected chi connectivity index (χ2v) is 10.7. The number of hydrogen-bond donors (Lipinski definition) is 5. The molecule has 41 heavy (non-hydrogen) atoms. The number of thioether (sulfide) groups is 2. The van der Waals surface area contributed by atoms with Crippen molar-refractivity contribution in [2.75, 3.05) is 23.4 Å². The number of anilines is 1. The predicted octanol–water partition coefficient (Wildman–Crippen LogP) is -3.64. The molecular formula is C22H25N8NaO8S2. The van der Waals surface area contributed by atoms with Gasteiger partial charge in [0.15, 0.2) is 0 Å². The quantitative estimate of drug-likeness (QED) is 0.0932. The molecule has 3 amide bonds. The Morgan fingerprint density at radius 3 is 2.59 bits per heavy atom. The van der Waals surface area contributed by atoms with Gasteiger partial charge in [0.1, 0.15) is 29.8 Å². The van der Waals surface area contributed by atoms with Crippen LogP contribution in [-0.4, -0.2) is 101 Å². The van der Waals surface area contributed by atoms with Gasteiger partial charge in [-0.05, 0) is 33.7 Å². The average Bonchev–Trinajstić information content (AvgIpc) is 3.33. The number of aromatic nitrogens is 4. The number of ether oxygens (including phenoxy) is 1. The maximum Gasteiger partial charge on any atom is 1.00 e. The van der Waals surface area contributed by atoms with Gasteiger partial charge < -0.3 is 27.4 Å². The van der Waals surface area contributed by atoms with E-state index in [-0.39, 0.29) is 48.9 Å². The van der Waals surface area contributed by atoms with Gasteiger partial charge in [-0.15, -0.1) is 16.9 Å². The number of β-lactam (4-membered cyclic amide) rings is 1. The third-order valence-electron chi connectivity index (χ3n) is 5.80. The molecule has 1 aromatic carbocycles. The van der Waals surface area contributed by atoms with Gasteiger partial charge in [-0.1, -0.05) is 23.9 Å². The Morgan fingerprint density at radius 2 is 1.98 bits per heavy atom. The monoisotopic (exact) mass is 616 g/mol. The van der Waals surface area contributed by atoms with E-state index >= 15 is 0 Å². The molecule has 2 aromatic rings. The number of aryl methyl sites for hydroxylation is 1. The number of carboxylic acid groups (broad SMARTS) is 2. The van der Waals surface area contributed by atoms with E-state index < -0.39 is 53.9 Å². The molecule has 16 nitrogen and oxygen atoms in total. The molecular weight excluding hydrogens is 591 g/mol. The topological polar surface area (TPSA) is 232 Å². The number of nitrogens with one attached hydrogen (secondary N) is 2. The molecule has 19 heteroatoms. The van der Waals surface area contributed by atoms with E-state index in [1.54, 1.807) is 19.2 Å². The minimum atomic E-state index is -1.34. The molecule has 0 bridgehead atoms. The Hall–Kier alpha value is -3.16. The van der Waals surface area contributed by atoms with Crippen LogP contribution in [0.25, 0.3) is 0 Å². The Kier molecular flexibility index (Phi) is 11.2. The zero-order chi connectivity index (χ0) is 29.0. The largest absolute Gasteiger partial charge is 1.00 e. The maximum absolute atomic E-state index is 12.9. The zero-order valence-corrected chi connectivity index (χ0v) is 25.5. The Labute approximate surface area is 264 Å². The van der Waals surface area contributed by atoms with Crippen LogP contribution in [0.1, 0.15) is 6.99 Å². The molecule has 0 spiro atoms. The average molecular weight is 617 g/mol. The third-order valence-corrected chi connectivity index (χ3v) is 8.24. The number of carbonyl (C=O) groups is 5. The van der Waals surface area contributed by atoms with Crippen molar-refractivity contribution in [2.45, 2.75) is 29.0 Å². The van der Waals surface area contributed by atoms with Gasteiger partial charge in [0, 0.05) is 24.2 Å². The molecule has 1 aromatic heterocycles. The Bertz CT molecular complexity index is 1380. The van der Waals surface area contributed by atoms with Crippen molar-refractivity contribution in [1.82, 2.24) is 30.4 Å². The molecule has 6 N–H and O–H groups in total. The predicted molar refractivity (Wildman–Crippen MR) is 141 cm³/mol. The molecule has 0 aliphatic carbocycles. The molecule has 214 valence electrons. The van der Waals surface area contributed by atoms with Crippen molar-refractivity contribution in [3.63, 3.8) is 0 Å². The second-order valence-electron chi connectivity index (χ2n) is 8.63. The molecule has 0 radical (unpaired) electrons. The van der Waals surface area contributed by atoms with E-state index in [0.717, 1.165) is 0 Å². The maximum atomic E-state index is 12.9. The molecule has 2 aliphatic rings. The Morgan fingerprint density at radius 1 is 1.27 bits per heavy atom. The van der Waals surface area contributed by atoms with Crippen molar-refractivity contribution >= 4 is 59.1 Å². The van der Waals surface area contributed by atoms with Crippen LogP contribution in [-0.2, 0) is 37.4 Å². The number of carbonyl (C=O) groups excluding carboxylic acids is 3. The number of fused-ring (bicyclic) bond motifs is 1. The van der Waals surface area contributed by atoms with Crippen molar-refractivity contribution in [2.24, 2.45) is 12.8 Å². The van der Waals surface area contributed by atoms with Gasteiger partial charge in [0.05, 0.1) is 6.42 Å². The molecule has 0 saturated carbocycles. The minimum absolute atomic E-state index is 0. The first-order valence-corrected chi connectivity index (χ1v) is 13.6. The van der Waals surface area contributed by atoms with E-state index in [0.29, 0.717) is 27.7 Å². The number of nitrogens with zero attached hydrogens (tertiary/aromatic N) is 5. The summed E-state index contributed by atoms with van der Waals surface area (Å²) in [5.74, 6) is -2.82. The summed E-state index contributed by atoms with van der Waals surface area (Å²) in [4.78, 5) is 61.2. The normalized spacial score (nSPS) is 18.4. The van der Waals surface area contributed by atoms with Gasteiger partial charge in [-0.2, -0.15) is 0 Å². The molecule has 1 fully saturated rings. The van der Waals surface area contributed by atoms with Gasteiger partial charge >= 0.3 is 47.6 Å². The van der Waals surface area contributed by atoms with Crippen LogP contribution in [0.15, 0.2) is 40.7 Å². The molecule has 3 atom stereocenters. The third kappa shape index (κ3) is 7.77. The van der Waals surface area contributed by atoms with Crippen molar-refractivity contribution < 1.29 is 69.9 Å². The fourth-order valence-corrected chi connectivity index (χ4v) is 6.13. The van der Waals surface area contributed by atoms with Crippen LogP contribution >= 0.6 is 23.5 Å². The fraction of sp³-hybridized carbons (Fsp3) is 0.364. The molecule has 2 aliphatic heterocycles. The number of nitrogens with two attached hydrogens (primary N) is 1. The van der Waals surface area contributed by atoms with E-state index in [4.69, 9.17) is 15.6 Å². The van der Waals surface area contributed by atoms with E-state index in [9.17, 15) is 29.1 Å². The summed E-state index contributed by atoms with van der Waals surface area (Å²) in [6.07, 6.45) is -0.948. The molecule has 3 heterocycles. The minimum Gasteiger partial charge on any atom is -1.00 e. The summed E-state index contributed by atoms with van der Waals surface area (Å²) in [5, 5.41) is 34.7. The van der Waals surface area contributed by atoms with Crippen LogP contribution in [0.2, 0.25) is 0 Å². The molecule has 4 rings (SSSR count). The fourth-order valence-electron chi connectivity index (χ4n) is 3.80. The first-order valence-electron chi connectivity index (χ1n) is 11.6. The van der Waals surface area contributed by atoms with Crippen molar-refractivity contribution in [3.8, 4) is 0 Å². The number of benzene rings is 1. The van der Waals surface area contributed by atoms with E-state index in [1.165, 1.54) is 45.2 Å². The van der Waals surface area contributed by atoms with Gasteiger partial charge in [-0.25, -0.2) is 14.3 Å². The number of carboxylic acids is 2. The SMILES string of the molecule is Cn1nnnc1SCC1=C(C(=O)O)N2C(=O)[C@@H](NC(=O)Cc3ccc(NC(=O)OC[C@@H](N)C(=O)O)cc3)[C@H]2SC1.[H-].[Na+]. The van der Waals surface area contributed by atoms with Crippen LogP contribution in [0.5, 0.6) is 0 Å². The van der Waals surface area contributed by atoms with E-state index in [1.807, 2.05) is 0 Å². The Balaban J connectivity index is 0.00000308. The van der Waals surface area contributed by atoms with Gasteiger partial charge in [-0.3, -0.25) is 24.6 Å². The van der Waals surface area contributed by atoms with Crippen LogP contribution < -0.4 is 45.9 Å². The summed E-state index contributed by atoms with van der Waals surface area (Å²) >= 11 is 2.62. The number of tetrazole rings is 1. The summed E-state index contributed by atoms with van der Waals surface area (Å²) < 4.78 is 6.20. The van der Waals surface area contributed by atoms with Crippen molar-refractivity contribution in [3.05, 3.63) is 41.1 Å². The van der Waals surface area contributed by atoms with Gasteiger partial charge in [0.2, 0.25) is 11.1 Å². The number of amides is 3. The molecule has 1 saturated heterocycles. The zero-order valence-electron chi connectivity index (χ0n) is 22.8. The van der Waals surface area contributed by atoms with Crippen LogP contribution in [0.4, 0.5) is 10.5 Å².